The van der Waals surface area contributed by atoms with Gasteiger partial charge in [0.2, 0.25) is 0 Å². The van der Waals surface area contributed by atoms with Crippen LogP contribution >= 0.6 is 0 Å². The topological polar surface area (TPSA) is 141 Å². The van der Waals surface area contributed by atoms with E-state index in [2.05, 4.69) is 5.32 Å². The van der Waals surface area contributed by atoms with Crippen LogP contribution in [0.15, 0.2) is 70.5 Å². The van der Waals surface area contributed by atoms with E-state index in [1.165, 1.54) is 13.0 Å². The number of anilines is 1. The number of rotatable bonds is 5. The molecule has 0 radical (unpaired) electrons. The van der Waals surface area contributed by atoms with Crippen molar-refractivity contribution < 1.29 is 31.0 Å². The number of aliphatic hydroxyl groups is 1. The lowest BCUT2D eigenvalue weighted by Crippen LogP contribution is -2.31. The lowest BCUT2D eigenvalue weighted by atomic mass is 10.0. The molecule has 3 rings (SSSR count). The van der Waals surface area contributed by atoms with Crippen LogP contribution in [0.1, 0.15) is 12.5 Å². The maximum Gasteiger partial charge on any atom is 0.294 e. The quantitative estimate of drug-likeness (QED) is 0.362. The van der Waals surface area contributed by atoms with Crippen LogP contribution in [0.3, 0.4) is 0 Å². The zero-order chi connectivity index (χ0) is 20.7. The van der Waals surface area contributed by atoms with Crippen LogP contribution in [0.2, 0.25) is 0 Å². The Morgan fingerprint density at radius 2 is 1.39 bits per heavy atom. The average Bonchev–Trinajstić information content (AvgIpc) is 2.60. The van der Waals surface area contributed by atoms with Crippen molar-refractivity contribution in [3.63, 3.8) is 0 Å². The first-order chi connectivity index (χ1) is 12.9. The summed E-state index contributed by atoms with van der Waals surface area (Å²) in [6, 6.07) is 14.3. The van der Waals surface area contributed by atoms with Gasteiger partial charge in [0, 0.05) is 16.6 Å². The summed E-state index contributed by atoms with van der Waals surface area (Å²) in [7, 11) is -9.13. The van der Waals surface area contributed by atoms with Gasteiger partial charge in [0.05, 0.1) is 9.79 Å². The summed E-state index contributed by atoms with van der Waals surface area (Å²) in [6.45, 7) is 1.46. The molecule has 0 aromatic heterocycles. The van der Waals surface area contributed by atoms with E-state index in [0.717, 1.165) is 24.3 Å². The minimum atomic E-state index is -4.62. The van der Waals surface area contributed by atoms with Crippen LogP contribution in [0.5, 0.6) is 0 Å². The third-order valence-corrected chi connectivity index (χ3v) is 5.89. The second-order valence-corrected chi connectivity index (χ2v) is 9.21. The molecule has 0 aliphatic rings. The van der Waals surface area contributed by atoms with Crippen LogP contribution < -0.4 is 5.32 Å². The summed E-state index contributed by atoms with van der Waals surface area (Å²) < 4.78 is 64.7. The molecule has 1 unspecified atom stereocenters. The molecular weight excluding hydrogens is 406 g/mol. The molecule has 0 amide bonds. The largest absolute Gasteiger partial charge is 0.367 e. The summed E-state index contributed by atoms with van der Waals surface area (Å²) >= 11 is 0. The van der Waals surface area contributed by atoms with E-state index < -0.39 is 35.8 Å². The number of hydrogen-bond donors (Lipinski definition) is 4. The van der Waals surface area contributed by atoms with E-state index in [1.807, 2.05) is 0 Å². The van der Waals surface area contributed by atoms with Crippen LogP contribution in [-0.4, -0.2) is 31.0 Å². The number of benzene rings is 3. The molecule has 0 heterocycles. The molecule has 3 aromatic carbocycles. The van der Waals surface area contributed by atoms with Gasteiger partial charge in [-0.25, -0.2) is 0 Å². The Hall–Kier alpha value is -2.50. The molecule has 1 atom stereocenters. The fourth-order valence-corrected chi connectivity index (χ4v) is 3.89. The molecule has 8 nitrogen and oxygen atoms in total. The monoisotopic (exact) mass is 423 g/mol. The van der Waals surface area contributed by atoms with E-state index in [1.54, 1.807) is 30.3 Å². The first-order valence-corrected chi connectivity index (χ1v) is 10.8. The molecule has 0 aliphatic heterocycles. The molecule has 10 heteroatoms. The highest BCUT2D eigenvalue weighted by molar-refractivity contribution is 7.86. The number of fused-ring (bicyclic) bond motifs is 1. The lowest BCUT2D eigenvalue weighted by Gasteiger charge is -2.27. The Bertz CT molecular complexity index is 1250. The highest BCUT2D eigenvalue weighted by atomic mass is 32.2. The van der Waals surface area contributed by atoms with E-state index in [4.69, 9.17) is 0 Å². The molecule has 0 aliphatic carbocycles. The van der Waals surface area contributed by atoms with E-state index >= 15 is 0 Å². The normalized spacial score (nSPS) is 14.6. The lowest BCUT2D eigenvalue weighted by molar-refractivity contribution is 0.0889. The highest BCUT2D eigenvalue weighted by Crippen LogP contribution is 2.33. The highest BCUT2D eigenvalue weighted by Gasteiger charge is 2.25. The van der Waals surface area contributed by atoms with E-state index in [9.17, 15) is 31.0 Å². The summed E-state index contributed by atoms with van der Waals surface area (Å²) in [5.74, 6) is 0. The number of hydrogen-bond acceptors (Lipinski definition) is 6. The van der Waals surface area contributed by atoms with Gasteiger partial charge in [0.25, 0.3) is 20.2 Å². The van der Waals surface area contributed by atoms with Crippen molar-refractivity contribution in [1.82, 2.24) is 0 Å². The number of nitrogens with one attached hydrogen (secondary N) is 1. The molecule has 148 valence electrons. The standard InChI is InChI=1S/C18H17NO7S2/c1-18(20,13-5-3-2-4-6-13)19-17-11-15(28(24,25)26)10-12-9-14(27(21,22)23)7-8-16(12)17/h2-11,19-20H,1H3,(H,21,22,23)(H,24,25,26). The maximum absolute atomic E-state index is 11.6. The van der Waals surface area contributed by atoms with E-state index in [-0.39, 0.29) is 11.1 Å². The third kappa shape index (κ3) is 4.16. The molecular formula is C18H17NO7S2. The van der Waals surface area contributed by atoms with Crippen LogP contribution in [0.25, 0.3) is 10.8 Å². The summed E-state index contributed by atoms with van der Waals surface area (Å²) in [5, 5.41) is 14.1. The van der Waals surface area contributed by atoms with Crippen molar-refractivity contribution in [3.8, 4) is 0 Å². The maximum atomic E-state index is 11.6. The van der Waals surface area contributed by atoms with Gasteiger partial charge >= 0.3 is 0 Å². The summed E-state index contributed by atoms with van der Waals surface area (Å²) in [4.78, 5) is -0.938. The van der Waals surface area contributed by atoms with Gasteiger partial charge in [0.15, 0.2) is 5.72 Å². The molecule has 28 heavy (non-hydrogen) atoms. The molecule has 0 saturated carbocycles. The van der Waals surface area contributed by atoms with Gasteiger partial charge in [-0.1, -0.05) is 36.4 Å². The Labute approximate surface area is 162 Å². The van der Waals surface area contributed by atoms with Crippen molar-refractivity contribution >= 4 is 36.7 Å². The van der Waals surface area contributed by atoms with Gasteiger partial charge in [-0.05, 0) is 36.6 Å². The van der Waals surface area contributed by atoms with Crippen molar-refractivity contribution in [2.24, 2.45) is 0 Å². The molecule has 0 saturated heterocycles. The van der Waals surface area contributed by atoms with Crippen molar-refractivity contribution in [1.29, 1.82) is 0 Å². The Balaban J connectivity index is 2.23. The second-order valence-electron chi connectivity index (χ2n) is 6.37. The summed E-state index contributed by atoms with van der Waals surface area (Å²) in [5.41, 5.74) is -0.968. The predicted molar refractivity (Wildman–Crippen MR) is 103 cm³/mol. The van der Waals surface area contributed by atoms with Crippen LogP contribution in [-0.2, 0) is 26.0 Å². The fraction of sp³-hybridized carbons (Fsp3) is 0.111. The van der Waals surface area contributed by atoms with Crippen molar-refractivity contribution in [3.05, 3.63) is 66.2 Å². The van der Waals surface area contributed by atoms with Crippen molar-refractivity contribution in [2.45, 2.75) is 22.4 Å². The van der Waals surface area contributed by atoms with Gasteiger partial charge in [-0.3, -0.25) is 9.11 Å². The fourth-order valence-electron chi connectivity index (χ4n) is 2.83. The van der Waals surface area contributed by atoms with Crippen LogP contribution in [0.4, 0.5) is 5.69 Å². The minimum absolute atomic E-state index is 0.122. The zero-order valence-electron chi connectivity index (χ0n) is 14.6. The van der Waals surface area contributed by atoms with Crippen LogP contribution in [0, 0.1) is 0 Å². The molecule has 4 N–H and O–H groups in total. The predicted octanol–water partition coefficient (Wildman–Crippen LogP) is 2.61. The van der Waals surface area contributed by atoms with Gasteiger partial charge in [-0.2, -0.15) is 16.8 Å². The van der Waals surface area contributed by atoms with Crippen molar-refractivity contribution in [2.75, 3.05) is 5.32 Å². The molecule has 3 aromatic rings. The zero-order valence-corrected chi connectivity index (χ0v) is 16.2. The average molecular weight is 423 g/mol. The molecule has 0 bridgehead atoms. The molecule has 0 spiro atoms. The summed E-state index contributed by atoms with van der Waals surface area (Å²) in [6.07, 6.45) is 0. The second kappa shape index (κ2) is 6.83. The van der Waals surface area contributed by atoms with Gasteiger partial charge in [-0.15, -0.1) is 0 Å². The SMILES string of the molecule is CC(O)(Nc1cc(S(=O)(=O)O)cc2cc(S(=O)(=O)O)ccc12)c1ccccc1. The smallest absolute Gasteiger partial charge is 0.294 e. The molecule has 0 fully saturated rings. The van der Waals surface area contributed by atoms with Gasteiger partial charge in [0.1, 0.15) is 0 Å². The first-order valence-electron chi connectivity index (χ1n) is 7.97. The Kier molecular flexibility index (Phi) is 4.94. The third-order valence-electron chi connectivity index (χ3n) is 4.21. The van der Waals surface area contributed by atoms with Gasteiger partial charge < -0.3 is 10.4 Å². The Morgan fingerprint density at radius 1 is 0.821 bits per heavy atom. The van der Waals surface area contributed by atoms with E-state index in [0.29, 0.717) is 10.9 Å². The Morgan fingerprint density at radius 3 is 1.96 bits per heavy atom. The minimum Gasteiger partial charge on any atom is -0.367 e. The first kappa shape index (κ1) is 20.2.